The molecule has 1 radical (unpaired) electrons. The molecule has 0 amide bonds. The highest BCUT2D eigenvalue weighted by Crippen LogP contribution is 2.24. The van der Waals surface area contributed by atoms with Crippen molar-refractivity contribution in [2.45, 2.75) is 12.1 Å². The van der Waals surface area contributed by atoms with Crippen LogP contribution in [0.1, 0.15) is 5.56 Å². The highest BCUT2D eigenvalue weighted by Gasteiger charge is 2.32. The molecule has 0 bridgehead atoms. The molecule has 8 nitrogen and oxygen atoms in total. The molecule has 0 aromatic carbocycles. The number of pyridine rings is 2. The van der Waals surface area contributed by atoms with Gasteiger partial charge in [0, 0.05) is 38.0 Å². The average Bonchev–Trinajstić information content (AvgIpc) is 3.37. The largest absolute Gasteiger partial charge is 0.378 e. The monoisotopic (exact) mass is 384 g/mol. The van der Waals surface area contributed by atoms with E-state index in [0.717, 1.165) is 12.4 Å². The number of hydrogen-bond acceptors (Lipinski definition) is 8. The molecule has 1 aliphatic rings. The quantitative estimate of drug-likeness (QED) is 0.693. The van der Waals surface area contributed by atoms with Gasteiger partial charge < -0.3 is 15.0 Å². The lowest BCUT2D eigenvalue weighted by atomic mass is 10.2. The van der Waals surface area contributed by atoms with Gasteiger partial charge in [-0.2, -0.15) is 0 Å². The summed E-state index contributed by atoms with van der Waals surface area (Å²) in [7, 11) is 3.61. The molecule has 4 rings (SSSR count). The van der Waals surface area contributed by atoms with Crippen molar-refractivity contribution < 1.29 is 9.53 Å². The maximum absolute atomic E-state index is 12.5. The van der Waals surface area contributed by atoms with Crippen LogP contribution in [-0.2, 0) is 9.53 Å². The molecule has 139 valence electrons. The van der Waals surface area contributed by atoms with E-state index >= 15 is 0 Å². The number of fused-ring (bicyclic) bond motifs is 1. The molecule has 0 unspecified atom stereocenters. The molecule has 3 aromatic heterocycles. The number of nitrogens with one attached hydrogen (secondary N) is 1. The van der Waals surface area contributed by atoms with Crippen molar-refractivity contribution in [2.75, 3.05) is 32.1 Å². The second kappa shape index (κ2) is 7.18. The molecule has 0 saturated carbocycles. The van der Waals surface area contributed by atoms with Gasteiger partial charge in [-0.15, -0.1) is 11.3 Å². The molecule has 0 spiro atoms. The minimum absolute atomic E-state index is 0.0388. The van der Waals surface area contributed by atoms with Crippen LogP contribution in [0.3, 0.4) is 0 Å². The molecule has 1 aliphatic heterocycles. The summed E-state index contributed by atoms with van der Waals surface area (Å²) in [4.78, 5) is 34.9. The van der Waals surface area contributed by atoms with Crippen molar-refractivity contribution in [3.63, 3.8) is 0 Å². The van der Waals surface area contributed by atoms with Gasteiger partial charge in [0.15, 0.2) is 10.8 Å². The summed E-state index contributed by atoms with van der Waals surface area (Å²) in [6, 6.07) is 3.70. The van der Waals surface area contributed by atoms with Gasteiger partial charge in [0.05, 0.1) is 23.1 Å². The molecular formula is C18H18N5O3S. The maximum atomic E-state index is 12.5. The first-order chi connectivity index (χ1) is 13.2. The van der Waals surface area contributed by atoms with E-state index in [2.05, 4.69) is 15.2 Å². The fourth-order valence-corrected chi connectivity index (χ4v) is 4.02. The van der Waals surface area contributed by atoms with Gasteiger partial charge in [-0.05, 0) is 19.2 Å². The van der Waals surface area contributed by atoms with Crippen molar-refractivity contribution in [1.29, 1.82) is 0 Å². The predicted molar refractivity (Wildman–Crippen MR) is 104 cm³/mol. The fourth-order valence-electron chi connectivity index (χ4n) is 3.40. The number of carbonyl (C=O) groups excluding carboxylic acids is 1. The van der Waals surface area contributed by atoms with Crippen LogP contribution in [0.15, 0.2) is 34.7 Å². The van der Waals surface area contributed by atoms with Crippen LogP contribution in [0.4, 0.5) is 5.82 Å². The topological polar surface area (TPSA) is 89.4 Å². The summed E-state index contributed by atoms with van der Waals surface area (Å²) in [5, 5.41) is 6.08. The van der Waals surface area contributed by atoms with Crippen LogP contribution in [0, 0.1) is 0 Å². The Labute approximate surface area is 159 Å². The van der Waals surface area contributed by atoms with Crippen LogP contribution < -0.4 is 15.6 Å². The fraction of sp³-hybridized carbons (Fsp3) is 0.333. The van der Waals surface area contributed by atoms with E-state index in [4.69, 9.17) is 9.72 Å². The second-order valence-electron chi connectivity index (χ2n) is 6.27. The lowest BCUT2D eigenvalue weighted by molar-refractivity contribution is 0.0996. The molecule has 1 fully saturated rings. The zero-order chi connectivity index (χ0) is 19.0. The molecule has 1 N–H and O–H groups in total. The highest BCUT2D eigenvalue weighted by atomic mass is 32.1. The summed E-state index contributed by atoms with van der Waals surface area (Å²) >= 11 is 1.40. The zero-order valence-electron chi connectivity index (χ0n) is 14.9. The first kappa shape index (κ1) is 17.8. The Morgan fingerprint density at radius 1 is 1.37 bits per heavy atom. The molecule has 3 aromatic rings. The van der Waals surface area contributed by atoms with Crippen LogP contribution in [-0.4, -0.2) is 60.2 Å². The third-order valence-corrected chi connectivity index (χ3v) is 5.61. The zero-order valence-corrected chi connectivity index (χ0v) is 15.7. The summed E-state index contributed by atoms with van der Waals surface area (Å²) < 4.78 is 7.22. The van der Waals surface area contributed by atoms with Gasteiger partial charge >= 0.3 is 0 Å². The minimum Gasteiger partial charge on any atom is -0.378 e. The molecule has 4 heterocycles. The summed E-state index contributed by atoms with van der Waals surface area (Å²) in [6.45, 7) is 1.44. The van der Waals surface area contributed by atoms with Crippen LogP contribution in [0.5, 0.6) is 0 Å². The molecule has 1 saturated heterocycles. The Hall–Kier alpha value is -2.62. The Morgan fingerprint density at radius 2 is 2.22 bits per heavy atom. The summed E-state index contributed by atoms with van der Waals surface area (Å²) in [6.07, 6.45) is 4.89. The van der Waals surface area contributed by atoms with Crippen molar-refractivity contribution in [3.05, 3.63) is 45.7 Å². The molecule has 2 atom stereocenters. The third-order valence-electron chi connectivity index (χ3n) is 4.84. The maximum Gasteiger partial charge on any atom is 0.239 e. The van der Waals surface area contributed by atoms with Crippen LogP contribution >= 0.6 is 11.3 Å². The average molecular weight is 384 g/mol. The Balaban J connectivity index is 1.86. The SMILES string of the molecule is CN[C@H]1CN(c2ccc3c(=O)c([C]=O)cn(-c4nccs4)c3n2)C[C@@H]1OC. The first-order valence-corrected chi connectivity index (χ1v) is 9.33. The van der Waals surface area contributed by atoms with Crippen molar-refractivity contribution in [3.8, 4) is 5.13 Å². The number of thiazole rings is 1. The number of rotatable bonds is 5. The van der Waals surface area contributed by atoms with Crippen molar-refractivity contribution >= 4 is 34.5 Å². The van der Waals surface area contributed by atoms with Gasteiger partial charge in [-0.3, -0.25) is 14.2 Å². The molecule has 0 aliphatic carbocycles. The van der Waals surface area contributed by atoms with Gasteiger partial charge in [-0.1, -0.05) is 0 Å². The van der Waals surface area contributed by atoms with Crippen LogP contribution in [0.2, 0.25) is 0 Å². The van der Waals surface area contributed by atoms with E-state index < -0.39 is 0 Å². The van der Waals surface area contributed by atoms with E-state index in [0.29, 0.717) is 22.7 Å². The first-order valence-electron chi connectivity index (χ1n) is 8.45. The Bertz CT molecular complexity index is 1020. The number of aromatic nitrogens is 3. The van der Waals surface area contributed by atoms with Crippen LogP contribution in [0.25, 0.3) is 16.2 Å². The standard InChI is InChI=1S/C18H18N5O3S/c1-19-13-8-22(9-14(13)26-2)15-4-3-12-16(25)11(10-24)7-23(17(12)21-15)18-20-5-6-27-18/h3-7,13-14,19H,8-9H2,1-2H3/t13-,14-/m0/s1. The molecule has 27 heavy (non-hydrogen) atoms. The normalized spacial score (nSPS) is 19.7. The van der Waals surface area contributed by atoms with Gasteiger partial charge in [0.25, 0.3) is 0 Å². The number of methoxy groups -OCH3 is 1. The van der Waals surface area contributed by atoms with E-state index in [1.54, 1.807) is 36.3 Å². The van der Waals surface area contributed by atoms with E-state index in [-0.39, 0.29) is 23.1 Å². The summed E-state index contributed by atoms with van der Waals surface area (Å²) in [5.41, 5.74) is 0.0487. The number of ether oxygens (including phenoxy) is 1. The number of nitrogens with zero attached hydrogens (tertiary/aromatic N) is 4. The predicted octanol–water partition coefficient (Wildman–Crippen LogP) is 0.723. The third kappa shape index (κ3) is 3.03. The Kier molecular flexibility index (Phi) is 4.73. The van der Waals surface area contributed by atoms with Gasteiger partial charge in [-0.25, -0.2) is 9.97 Å². The highest BCUT2D eigenvalue weighted by molar-refractivity contribution is 7.12. The molecule has 9 heteroatoms. The Morgan fingerprint density at radius 3 is 2.85 bits per heavy atom. The lowest BCUT2D eigenvalue weighted by Gasteiger charge is -2.18. The van der Waals surface area contributed by atoms with Gasteiger partial charge in [0.2, 0.25) is 11.7 Å². The van der Waals surface area contributed by atoms with Gasteiger partial charge in [0.1, 0.15) is 5.82 Å². The number of anilines is 1. The smallest absolute Gasteiger partial charge is 0.239 e. The number of hydrogen-bond donors (Lipinski definition) is 1. The molecular weight excluding hydrogens is 366 g/mol. The van der Waals surface area contributed by atoms with E-state index in [1.807, 2.05) is 12.4 Å². The van der Waals surface area contributed by atoms with Crippen molar-refractivity contribution in [1.82, 2.24) is 19.9 Å². The van der Waals surface area contributed by atoms with E-state index in [9.17, 15) is 9.59 Å². The second-order valence-corrected chi connectivity index (χ2v) is 7.15. The number of likely N-dealkylation sites (N-methyl/N-ethyl adjacent to an activating group) is 1. The summed E-state index contributed by atoms with van der Waals surface area (Å²) in [5.74, 6) is 0.745. The van der Waals surface area contributed by atoms with E-state index in [1.165, 1.54) is 17.5 Å². The minimum atomic E-state index is -0.379. The van der Waals surface area contributed by atoms with Crippen molar-refractivity contribution in [2.24, 2.45) is 0 Å². The lowest BCUT2D eigenvalue weighted by Crippen LogP contribution is -2.37.